The van der Waals surface area contributed by atoms with E-state index in [1.165, 1.54) is 14.0 Å². The largest absolute Gasteiger partial charge is 0.467 e. The summed E-state index contributed by atoms with van der Waals surface area (Å²) in [7, 11) is 1.23. The Morgan fingerprint density at radius 1 is 1.27 bits per heavy atom. The van der Waals surface area contributed by atoms with Crippen molar-refractivity contribution in [3.63, 3.8) is 0 Å². The molecule has 0 unspecified atom stereocenters. The number of nitrogens with one attached hydrogen (secondary N) is 3. The van der Waals surface area contributed by atoms with Crippen LogP contribution in [0.15, 0.2) is 27.8 Å². The van der Waals surface area contributed by atoms with Gasteiger partial charge in [-0.1, -0.05) is 6.07 Å². The van der Waals surface area contributed by atoms with E-state index in [0.29, 0.717) is 23.0 Å². The summed E-state index contributed by atoms with van der Waals surface area (Å²) in [4.78, 5) is 50.1. The van der Waals surface area contributed by atoms with Gasteiger partial charge in [-0.3, -0.25) is 14.4 Å². The van der Waals surface area contributed by atoms with Crippen LogP contribution in [0.2, 0.25) is 0 Å². The van der Waals surface area contributed by atoms with E-state index in [9.17, 15) is 19.2 Å². The number of hydrogen-bond donors (Lipinski definition) is 3. The summed E-state index contributed by atoms with van der Waals surface area (Å²) in [5.74, 6) is -0.588. The second-order valence-corrected chi connectivity index (χ2v) is 5.05. The van der Waals surface area contributed by atoms with Crippen LogP contribution in [0.3, 0.4) is 0 Å². The number of rotatable bonds is 5. The van der Waals surface area contributed by atoms with Crippen molar-refractivity contribution >= 4 is 23.4 Å². The van der Waals surface area contributed by atoms with E-state index in [1.54, 1.807) is 18.2 Å². The number of hydrogen-bond acceptors (Lipinski definition) is 5. The first kappa shape index (κ1) is 15.5. The molecule has 0 aliphatic heterocycles. The molecule has 0 bridgehead atoms. The van der Waals surface area contributed by atoms with E-state index in [2.05, 4.69) is 15.3 Å². The first-order valence-electron chi connectivity index (χ1n) is 6.44. The molecule has 0 radical (unpaired) electrons. The lowest BCUT2D eigenvalue weighted by Crippen LogP contribution is -2.51. The molecule has 1 amide bonds. The Bertz CT molecular complexity index is 838. The van der Waals surface area contributed by atoms with Crippen molar-refractivity contribution in [1.29, 1.82) is 0 Å². The van der Waals surface area contributed by atoms with Crippen molar-refractivity contribution in [2.75, 3.05) is 7.11 Å². The number of benzene rings is 1. The number of methoxy groups -OCH3 is 1. The van der Waals surface area contributed by atoms with Crippen molar-refractivity contribution < 1.29 is 14.3 Å². The van der Waals surface area contributed by atoms with Gasteiger partial charge in [0.25, 0.3) is 0 Å². The van der Waals surface area contributed by atoms with Crippen LogP contribution in [0.1, 0.15) is 12.5 Å². The molecular weight excluding hydrogens is 290 g/mol. The number of fused-ring (bicyclic) bond motifs is 1. The highest BCUT2D eigenvalue weighted by Gasteiger charge is 2.34. The second-order valence-electron chi connectivity index (χ2n) is 5.05. The maximum Gasteiger partial charge on any atom is 0.331 e. The average molecular weight is 305 g/mol. The molecule has 22 heavy (non-hydrogen) atoms. The topological polar surface area (TPSA) is 121 Å². The molecular formula is C14H15N3O5. The number of carbonyl (C=O) groups excluding carboxylic acids is 2. The third-order valence-electron chi connectivity index (χ3n) is 3.36. The van der Waals surface area contributed by atoms with E-state index in [1.807, 2.05) is 0 Å². The normalized spacial score (nSPS) is 13.4. The summed E-state index contributed by atoms with van der Waals surface area (Å²) in [5, 5.41) is 2.44. The number of aromatic amines is 2. The van der Waals surface area contributed by atoms with Crippen LogP contribution in [0.25, 0.3) is 11.0 Å². The van der Waals surface area contributed by atoms with Gasteiger partial charge >= 0.3 is 17.1 Å². The van der Waals surface area contributed by atoms with Crippen LogP contribution in [0, 0.1) is 0 Å². The number of amides is 1. The van der Waals surface area contributed by atoms with Gasteiger partial charge in [0.05, 0.1) is 18.1 Å². The number of ether oxygens (including phenoxy) is 1. The molecule has 0 fully saturated rings. The number of carbonyl (C=O) groups is 2. The van der Waals surface area contributed by atoms with Crippen molar-refractivity contribution in [2.24, 2.45) is 0 Å². The SMILES string of the molecule is COC(=O)[C@@](C)(Cc1ccc2[nH]c(=O)c(=O)[nH]c2c1)NC=O. The zero-order valence-corrected chi connectivity index (χ0v) is 12.1. The highest BCUT2D eigenvalue weighted by Crippen LogP contribution is 2.17. The molecule has 1 aromatic carbocycles. The molecule has 1 atom stereocenters. The van der Waals surface area contributed by atoms with Gasteiger partial charge in [0.2, 0.25) is 6.41 Å². The van der Waals surface area contributed by atoms with E-state index in [4.69, 9.17) is 4.74 Å². The first-order valence-corrected chi connectivity index (χ1v) is 6.44. The average Bonchev–Trinajstić information content (AvgIpc) is 2.48. The van der Waals surface area contributed by atoms with Gasteiger partial charge in [-0.2, -0.15) is 0 Å². The summed E-state index contributed by atoms with van der Waals surface area (Å²) in [6.45, 7) is 1.53. The first-order chi connectivity index (χ1) is 10.4. The molecule has 0 aliphatic carbocycles. The molecule has 8 nitrogen and oxygen atoms in total. The maximum absolute atomic E-state index is 11.8. The molecule has 2 aromatic rings. The standard InChI is InChI=1S/C14H15N3O5/c1-14(15-7-18,13(21)22-2)6-8-3-4-9-10(5-8)17-12(20)11(19)16-9/h3-5,7H,6H2,1-2H3,(H,15,18)(H,16,19)(H,17,20)/t14-/m1/s1. The van der Waals surface area contributed by atoms with E-state index >= 15 is 0 Å². The van der Waals surface area contributed by atoms with Crippen LogP contribution in [-0.2, 0) is 20.7 Å². The van der Waals surface area contributed by atoms with Gasteiger partial charge in [0.1, 0.15) is 5.54 Å². The van der Waals surface area contributed by atoms with Crippen LogP contribution in [-0.4, -0.2) is 35.0 Å². The minimum absolute atomic E-state index is 0.162. The lowest BCUT2D eigenvalue weighted by atomic mass is 9.93. The molecule has 116 valence electrons. The Morgan fingerprint density at radius 3 is 2.50 bits per heavy atom. The predicted octanol–water partition coefficient (Wildman–Crippen LogP) is -0.563. The molecule has 0 saturated carbocycles. The van der Waals surface area contributed by atoms with Crippen LogP contribution >= 0.6 is 0 Å². The molecule has 3 N–H and O–H groups in total. The van der Waals surface area contributed by atoms with Gasteiger partial charge < -0.3 is 20.0 Å². The number of aromatic nitrogens is 2. The quantitative estimate of drug-likeness (QED) is 0.388. The predicted molar refractivity (Wildman–Crippen MR) is 78.5 cm³/mol. The zero-order chi connectivity index (χ0) is 16.3. The van der Waals surface area contributed by atoms with Crippen LogP contribution in [0.4, 0.5) is 0 Å². The Morgan fingerprint density at radius 2 is 1.91 bits per heavy atom. The summed E-state index contributed by atoms with van der Waals surface area (Å²) >= 11 is 0. The van der Waals surface area contributed by atoms with Crippen molar-refractivity contribution in [2.45, 2.75) is 18.9 Å². The summed E-state index contributed by atoms with van der Waals surface area (Å²) in [6.07, 6.45) is 0.590. The number of H-pyrrole nitrogens is 2. The highest BCUT2D eigenvalue weighted by atomic mass is 16.5. The third kappa shape index (κ3) is 2.90. The minimum atomic E-state index is -1.23. The molecule has 0 aliphatic rings. The Kier molecular flexibility index (Phi) is 4.11. The fourth-order valence-electron chi connectivity index (χ4n) is 2.22. The summed E-state index contributed by atoms with van der Waals surface area (Å²) in [6, 6.07) is 4.92. The second kappa shape index (κ2) is 5.84. The van der Waals surface area contributed by atoms with Gasteiger partial charge in [-0.05, 0) is 24.6 Å². The maximum atomic E-state index is 11.8. The smallest absolute Gasteiger partial charge is 0.331 e. The Balaban J connectivity index is 2.44. The summed E-state index contributed by atoms with van der Waals surface area (Å²) < 4.78 is 4.70. The molecule has 0 saturated heterocycles. The van der Waals surface area contributed by atoms with E-state index < -0.39 is 22.6 Å². The molecule has 8 heteroatoms. The van der Waals surface area contributed by atoms with Crippen molar-refractivity contribution in [3.05, 3.63) is 44.5 Å². The van der Waals surface area contributed by atoms with Crippen molar-refractivity contribution in [3.8, 4) is 0 Å². The van der Waals surface area contributed by atoms with E-state index in [0.717, 1.165) is 0 Å². The molecule has 0 spiro atoms. The Labute approximate surface area is 124 Å². The number of esters is 1. The van der Waals surface area contributed by atoms with Crippen LogP contribution < -0.4 is 16.4 Å². The van der Waals surface area contributed by atoms with Crippen molar-refractivity contribution in [1.82, 2.24) is 15.3 Å². The van der Waals surface area contributed by atoms with Gasteiger partial charge in [-0.25, -0.2) is 4.79 Å². The zero-order valence-electron chi connectivity index (χ0n) is 12.1. The monoisotopic (exact) mass is 305 g/mol. The van der Waals surface area contributed by atoms with Crippen LogP contribution in [0.5, 0.6) is 0 Å². The minimum Gasteiger partial charge on any atom is -0.467 e. The lowest BCUT2D eigenvalue weighted by molar-refractivity contribution is -0.148. The van der Waals surface area contributed by atoms with E-state index in [-0.39, 0.29) is 6.42 Å². The lowest BCUT2D eigenvalue weighted by Gasteiger charge is -2.26. The van der Waals surface area contributed by atoms with Gasteiger partial charge in [-0.15, -0.1) is 0 Å². The highest BCUT2D eigenvalue weighted by molar-refractivity contribution is 5.83. The Hall–Kier alpha value is -2.90. The summed E-state index contributed by atoms with van der Waals surface area (Å²) in [5.41, 5.74) is -1.14. The van der Waals surface area contributed by atoms with Gasteiger partial charge in [0, 0.05) is 6.42 Å². The fourth-order valence-corrected chi connectivity index (χ4v) is 2.22. The van der Waals surface area contributed by atoms with Gasteiger partial charge in [0.15, 0.2) is 0 Å². The molecule has 1 heterocycles. The molecule has 2 rings (SSSR count). The molecule has 1 aromatic heterocycles. The third-order valence-corrected chi connectivity index (χ3v) is 3.36. The fraction of sp³-hybridized carbons (Fsp3) is 0.286.